The van der Waals surface area contributed by atoms with E-state index in [9.17, 15) is 0 Å². The van der Waals surface area contributed by atoms with Crippen molar-refractivity contribution in [2.24, 2.45) is 17.8 Å². The van der Waals surface area contributed by atoms with E-state index in [1.807, 2.05) is 0 Å². The predicted molar refractivity (Wildman–Crippen MR) is 61.9 cm³/mol. The first-order valence-electron chi connectivity index (χ1n) is 5.50. The monoisotopic (exact) mass is 186 g/mol. The van der Waals surface area contributed by atoms with Gasteiger partial charge in [-0.3, -0.25) is 0 Å². The lowest BCUT2D eigenvalue weighted by Gasteiger charge is -2.28. The van der Waals surface area contributed by atoms with Crippen molar-refractivity contribution < 1.29 is 0 Å². The Morgan fingerprint density at radius 3 is 2.57 bits per heavy atom. The summed E-state index contributed by atoms with van der Waals surface area (Å²) in [6.45, 7) is 4.63. The molecule has 0 nitrogen and oxygen atoms in total. The van der Waals surface area contributed by atoms with Crippen LogP contribution in [0.4, 0.5) is 0 Å². The van der Waals surface area contributed by atoms with E-state index < -0.39 is 0 Å². The fourth-order valence-electron chi connectivity index (χ4n) is 2.33. The highest BCUT2D eigenvalue weighted by Gasteiger charge is 2.22. The van der Waals surface area contributed by atoms with Gasteiger partial charge in [0.2, 0.25) is 0 Å². The summed E-state index contributed by atoms with van der Waals surface area (Å²) in [5.74, 6) is 1.99. The summed E-state index contributed by atoms with van der Waals surface area (Å²) in [5.41, 5.74) is 1.60. The van der Waals surface area contributed by atoms with Gasteiger partial charge in [0, 0.05) is 5.92 Å². The van der Waals surface area contributed by atoms with Crippen molar-refractivity contribution in [1.29, 1.82) is 0 Å². The zero-order valence-electron chi connectivity index (χ0n) is 8.98. The van der Waals surface area contributed by atoms with Gasteiger partial charge in [-0.2, -0.15) is 0 Å². The third-order valence-electron chi connectivity index (χ3n) is 3.28. The number of hydrogen-bond acceptors (Lipinski definition) is 0. The molecule has 2 aliphatic rings. The summed E-state index contributed by atoms with van der Waals surface area (Å²) < 4.78 is 0. The van der Waals surface area contributed by atoms with Crippen LogP contribution in [0.1, 0.15) is 20.3 Å². The molecule has 0 spiro atoms. The smallest absolute Gasteiger partial charge is 0.00461 e. The third kappa shape index (κ3) is 1.75. The third-order valence-corrected chi connectivity index (χ3v) is 3.28. The number of rotatable bonds is 1. The van der Waals surface area contributed by atoms with Crippen LogP contribution in [-0.4, -0.2) is 0 Å². The summed E-state index contributed by atoms with van der Waals surface area (Å²) in [4.78, 5) is 0. The van der Waals surface area contributed by atoms with Gasteiger partial charge in [-0.1, -0.05) is 62.0 Å². The van der Waals surface area contributed by atoms with Gasteiger partial charge >= 0.3 is 0 Å². The molecule has 0 aromatic heterocycles. The van der Waals surface area contributed by atoms with Crippen molar-refractivity contribution in [2.75, 3.05) is 0 Å². The van der Waals surface area contributed by atoms with Gasteiger partial charge in [-0.05, 0) is 18.3 Å². The molecule has 0 saturated carbocycles. The summed E-state index contributed by atoms with van der Waals surface area (Å²) in [6, 6.07) is 0. The molecule has 0 saturated heterocycles. The minimum atomic E-state index is 0.625. The lowest BCUT2D eigenvalue weighted by atomic mass is 9.76. The van der Waals surface area contributed by atoms with E-state index in [2.05, 4.69) is 56.4 Å². The second-order valence-electron chi connectivity index (χ2n) is 4.39. The van der Waals surface area contributed by atoms with E-state index in [-0.39, 0.29) is 0 Å². The molecule has 0 amide bonds. The fraction of sp³-hybridized carbons (Fsp3) is 0.429. The maximum Gasteiger partial charge on any atom is 0.00461 e. The molecule has 74 valence electrons. The van der Waals surface area contributed by atoms with E-state index in [1.165, 1.54) is 6.42 Å². The Hall–Kier alpha value is -1.04. The minimum absolute atomic E-state index is 0.625. The zero-order valence-corrected chi connectivity index (χ0v) is 8.98. The van der Waals surface area contributed by atoms with Gasteiger partial charge in [-0.15, -0.1) is 0 Å². The van der Waals surface area contributed by atoms with E-state index in [0.29, 0.717) is 17.8 Å². The van der Waals surface area contributed by atoms with Crippen molar-refractivity contribution in [3.63, 3.8) is 0 Å². The Morgan fingerprint density at radius 1 is 1.07 bits per heavy atom. The van der Waals surface area contributed by atoms with Crippen LogP contribution in [0.25, 0.3) is 0 Å². The first-order chi connectivity index (χ1) is 6.79. The van der Waals surface area contributed by atoms with Crippen LogP contribution < -0.4 is 0 Å². The zero-order chi connectivity index (χ0) is 9.97. The molecule has 3 atom stereocenters. The van der Waals surface area contributed by atoms with Crippen molar-refractivity contribution in [1.82, 2.24) is 0 Å². The Kier molecular flexibility index (Phi) is 2.72. The first-order valence-corrected chi connectivity index (χ1v) is 5.50. The van der Waals surface area contributed by atoms with Crippen molar-refractivity contribution >= 4 is 0 Å². The molecule has 0 N–H and O–H groups in total. The molecule has 3 unspecified atom stereocenters. The van der Waals surface area contributed by atoms with E-state index >= 15 is 0 Å². The quantitative estimate of drug-likeness (QED) is 0.583. The molecule has 0 heterocycles. The highest BCUT2D eigenvalue weighted by Crippen LogP contribution is 2.34. The maximum atomic E-state index is 2.34. The standard InChI is InChI=1S/C14H18/c1-11-7-3-5-9-13(11)14-10-6-4-8-12(14)2/h3-7,9-13H,8H2,1-2H3. The SMILES string of the molecule is CC1CC=CC=C1C1C=CC=CC1C. The predicted octanol–water partition coefficient (Wildman–Crippen LogP) is 3.89. The topological polar surface area (TPSA) is 0 Å². The first kappa shape index (κ1) is 9.51. The van der Waals surface area contributed by atoms with Gasteiger partial charge < -0.3 is 0 Å². The average molecular weight is 186 g/mol. The molecule has 2 aliphatic carbocycles. The molecule has 0 aromatic rings. The molecule has 0 bridgehead atoms. The second kappa shape index (κ2) is 4.00. The molecule has 0 radical (unpaired) electrons. The molecule has 0 aliphatic heterocycles. The minimum Gasteiger partial charge on any atom is -0.0840 e. The molecular formula is C14H18. The molecule has 0 fully saturated rings. The lowest BCUT2D eigenvalue weighted by Crippen LogP contribution is -2.17. The van der Waals surface area contributed by atoms with Crippen LogP contribution in [0.3, 0.4) is 0 Å². The Labute approximate surface area is 86.7 Å². The van der Waals surface area contributed by atoms with E-state index in [4.69, 9.17) is 0 Å². The summed E-state index contributed by atoms with van der Waals surface area (Å²) >= 11 is 0. The maximum absolute atomic E-state index is 2.34. The van der Waals surface area contributed by atoms with Crippen molar-refractivity contribution in [3.05, 3.63) is 48.1 Å². The van der Waals surface area contributed by atoms with Crippen molar-refractivity contribution in [2.45, 2.75) is 20.3 Å². The van der Waals surface area contributed by atoms with Crippen LogP contribution in [0, 0.1) is 17.8 Å². The molecule has 2 rings (SSSR count). The second-order valence-corrected chi connectivity index (χ2v) is 4.39. The van der Waals surface area contributed by atoms with Gasteiger partial charge in [0.15, 0.2) is 0 Å². The average Bonchev–Trinajstić information content (AvgIpc) is 2.20. The van der Waals surface area contributed by atoms with Gasteiger partial charge in [0.25, 0.3) is 0 Å². The van der Waals surface area contributed by atoms with Crippen LogP contribution in [0.15, 0.2) is 48.1 Å². The molecule has 0 heteroatoms. The Bertz CT molecular complexity index is 315. The molecule has 14 heavy (non-hydrogen) atoms. The van der Waals surface area contributed by atoms with Crippen LogP contribution in [0.5, 0.6) is 0 Å². The van der Waals surface area contributed by atoms with Crippen LogP contribution in [0.2, 0.25) is 0 Å². The Balaban J connectivity index is 2.21. The lowest BCUT2D eigenvalue weighted by molar-refractivity contribution is 0.503. The normalized spacial score (nSPS) is 35.9. The van der Waals surface area contributed by atoms with E-state index in [1.54, 1.807) is 5.57 Å². The highest BCUT2D eigenvalue weighted by molar-refractivity contribution is 5.30. The van der Waals surface area contributed by atoms with Gasteiger partial charge in [0.05, 0.1) is 0 Å². The molecular weight excluding hydrogens is 168 g/mol. The number of hydrogen-bond donors (Lipinski definition) is 0. The van der Waals surface area contributed by atoms with Gasteiger partial charge in [0.1, 0.15) is 0 Å². The van der Waals surface area contributed by atoms with Crippen LogP contribution >= 0.6 is 0 Å². The van der Waals surface area contributed by atoms with E-state index in [0.717, 1.165) is 0 Å². The summed E-state index contributed by atoms with van der Waals surface area (Å²) in [6.07, 6.45) is 16.9. The largest absolute Gasteiger partial charge is 0.0840 e. The summed E-state index contributed by atoms with van der Waals surface area (Å²) in [7, 11) is 0. The number of allylic oxidation sites excluding steroid dienone is 8. The van der Waals surface area contributed by atoms with Crippen LogP contribution in [-0.2, 0) is 0 Å². The summed E-state index contributed by atoms with van der Waals surface area (Å²) in [5, 5.41) is 0. The van der Waals surface area contributed by atoms with Gasteiger partial charge in [-0.25, -0.2) is 0 Å². The molecule has 0 aromatic carbocycles. The Morgan fingerprint density at radius 2 is 1.86 bits per heavy atom. The fourth-order valence-corrected chi connectivity index (χ4v) is 2.33. The van der Waals surface area contributed by atoms with Crippen molar-refractivity contribution in [3.8, 4) is 0 Å². The highest BCUT2D eigenvalue weighted by atomic mass is 14.3.